The van der Waals surface area contributed by atoms with Gasteiger partial charge in [-0.05, 0) is 50.5 Å². The maximum Gasteiger partial charge on any atom is 0.407 e. The molecule has 2 aliphatic heterocycles. The van der Waals surface area contributed by atoms with Gasteiger partial charge in [0.15, 0.2) is 5.13 Å². The molecule has 0 bridgehead atoms. The van der Waals surface area contributed by atoms with Crippen LogP contribution in [0.25, 0.3) is 0 Å². The van der Waals surface area contributed by atoms with Crippen LogP contribution < -0.4 is 14.9 Å². The first kappa shape index (κ1) is 23.5. The van der Waals surface area contributed by atoms with Crippen molar-refractivity contribution in [2.45, 2.75) is 43.2 Å². The first-order chi connectivity index (χ1) is 15.9. The molecular formula is C21H29N5O5S2. The number of anilines is 2. The molecule has 0 radical (unpaired) electrons. The summed E-state index contributed by atoms with van der Waals surface area (Å²) in [7, 11) is -3.74. The molecule has 2 N–H and O–H groups in total. The highest BCUT2D eigenvalue weighted by Crippen LogP contribution is 2.28. The third-order valence-electron chi connectivity index (χ3n) is 5.80. The summed E-state index contributed by atoms with van der Waals surface area (Å²) in [5, 5.41) is 4.63. The zero-order valence-corrected chi connectivity index (χ0v) is 19.9. The highest BCUT2D eigenvalue weighted by molar-refractivity contribution is 7.93. The van der Waals surface area contributed by atoms with E-state index in [1.807, 2.05) is 6.92 Å². The Kier molecular flexibility index (Phi) is 7.15. The van der Waals surface area contributed by atoms with Crippen molar-refractivity contribution >= 4 is 44.2 Å². The van der Waals surface area contributed by atoms with Crippen molar-refractivity contribution in [1.82, 2.24) is 15.2 Å². The largest absolute Gasteiger partial charge is 0.446 e. The van der Waals surface area contributed by atoms with E-state index in [0.29, 0.717) is 56.3 Å². The summed E-state index contributed by atoms with van der Waals surface area (Å²) in [5.74, 6) is 0.00890. The number of benzene rings is 1. The van der Waals surface area contributed by atoms with Gasteiger partial charge >= 0.3 is 6.09 Å². The number of amides is 2. The minimum atomic E-state index is -3.74. The molecular weight excluding hydrogens is 466 g/mol. The Morgan fingerprint density at radius 1 is 1.21 bits per heavy atom. The monoisotopic (exact) mass is 495 g/mol. The van der Waals surface area contributed by atoms with Crippen molar-refractivity contribution in [2.75, 3.05) is 35.8 Å². The molecule has 1 aromatic heterocycles. The van der Waals surface area contributed by atoms with Crippen LogP contribution in [0, 0.1) is 0 Å². The molecule has 0 aliphatic carbocycles. The third kappa shape index (κ3) is 5.45. The number of rotatable bonds is 7. The van der Waals surface area contributed by atoms with Crippen molar-refractivity contribution < 1.29 is 24.2 Å². The van der Waals surface area contributed by atoms with Gasteiger partial charge in [0.2, 0.25) is 5.91 Å². The lowest BCUT2D eigenvalue weighted by Gasteiger charge is -2.34. The Balaban J connectivity index is 0.00000324. The van der Waals surface area contributed by atoms with E-state index in [0.717, 1.165) is 0 Å². The molecule has 2 aromatic rings. The van der Waals surface area contributed by atoms with E-state index in [1.54, 1.807) is 22.4 Å². The molecule has 180 valence electrons. The van der Waals surface area contributed by atoms with E-state index < -0.39 is 16.1 Å². The molecule has 1 aromatic carbocycles. The SMILES string of the molecule is CCNC(=O)OC1CCN(C2CCN(c3ccc(S(=O)(=O)Nc4nccs4)cc3)C2=O)CC1.[HH]. The number of thiazole rings is 1. The fourth-order valence-electron chi connectivity index (χ4n) is 4.16. The number of hydrogen-bond acceptors (Lipinski definition) is 8. The van der Waals surface area contributed by atoms with Crippen LogP contribution in [-0.2, 0) is 19.6 Å². The fourth-order valence-corrected chi connectivity index (χ4v) is 5.94. The minimum absolute atomic E-state index is 0. The zero-order valence-electron chi connectivity index (χ0n) is 18.3. The standard InChI is InChI=1S/C21H27N5O5S2.H2/c1-2-22-21(28)31-16-7-11-25(12-8-16)18-9-13-26(19(18)27)15-3-5-17(6-4-15)33(29,30)24-20-23-10-14-32-20;/h3-6,10,14,16,18H,2,7-9,11-13H2,1H3,(H,22,28)(H,23,24);1H. The molecule has 33 heavy (non-hydrogen) atoms. The van der Waals surface area contributed by atoms with E-state index in [9.17, 15) is 18.0 Å². The molecule has 0 spiro atoms. The van der Waals surface area contributed by atoms with Gasteiger partial charge in [0.05, 0.1) is 10.9 Å². The van der Waals surface area contributed by atoms with Gasteiger partial charge in [-0.1, -0.05) is 0 Å². The molecule has 2 fully saturated rings. The van der Waals surface area contributed by atoms with Crippen LogP contribution in [0.4, 0.5) is 15.6 Å². The molecule has 12 heteroatoms. The molecule has 2 aliphatic rings. The number of aromatic nitrogens is 1. The highest BCUT2D eigenvalue weighted by Gasteiger charge is 2.38. The quantitative estimate of drug-likeness (QED) is 0.605. The molecule has 1 unspecified atom stereocenters. The molecule has 2 amide bonds. The predicted octanol–water partition coefficient (Wildman–Crippen LogP) is 2.51. The maximum absolute atomic E-state index is 13.1. The fraction of sp³-hybridized carbons (Fsp3) is 0.476. The third-order valence-corrected chi connectivity index (χ3v) is 7.97. The molecule has 3 heterocycles. The van der Waals surface area contributed by atoms with Crippen molar-refractivity contribution in [3.63, 3.8) is 0 Å². The lowest BCUT2D eigenvalue weighted by molar-refractivity contribution is -0.122. The van der Waals surface area contributed by atoms with Gasteiger partial charge in [0, 0.05) is 44.9 Å². The summed E-state index contributed by atoms with van der Waals surface area (Å²) in [6.45, 7) is 4.32. The van der Waals surface area contributed by atoms with Crippen LogP contribution in [0.5, 0.6) is 0 Å². The van der Waals surface area contributed by atoms with E-state index in [1.165, 1.54) is 29.7 Å². The summed E-state index contributed by atoms with van der Waals surface area (Å²) in [6.07, 6.45) is 3.09. The van der Waals surface area contributed by atoms with Gasteiger partial charge in [-0.3, -0.25) is 14.4 Å². The number of sulfonamides is 1. The number of hydrogen-bond donors (Lipinski definition) is 2. The lowest BCUT2D eigenvalue weighted by atomic mass is 10.0. The zero-order chi connectivity index (χ0) is 23.4. The van der Waals surface area contributed by atoms with Crippen molar-refractivity contribution in [1.29, 1.82) is 0 Å². The first-order valence-corrected chi connectivity index (χ1v) is 13.3. The maximum atomic E-state index is 13.1. The number of alkyl carbamates (subject to hydrolysis) is 1. The Labute approximate surface area is 198 Å². The summed E-state index contributed by atoms with van der Waals surface area (Å²) in [5.41, 5.74) is 0.671. The first-order valence-electron chi connectivity index (χ1n) is 10.9. The average Bonchev–Trinajstić information content (AvgIpc) is 3.44. The predicted molar refractivity (Wildman–Crippen MR) is 127 cm³/mol. The second-order valence-corrected chi connectivity index (χ2v) is 10.5. The smallest absolute Gasteiger partial charge is 0.407 e. The summed E-state index contributed by atoms with van der Waals surface area (Å²) in [6, 6.07) is 6.09. The van der Waals surface area contributed by atoms with Crippen LogP contribution in [0.2, 0.25) is 0 Å². The Bertz CT molecular complexity index is 1070. The average molecular weight is 496 g/mol. The summed E-state index contributed by atoms with van der Waals surface area (Å²) >= 11 is 1.20. The van der Waals surface area contributed by atoms with Crippen LogP contribution in [0.15, 0.2) is 40.7 Å². The lowest BCUT2D eigenvalue weighted by Crippen LogP contribution is -2.47. The number of piperidine rings is 1. The normalized spacial score (nSPS) is 20.1. The number of ether oxygens (including phenoxy) is 1. The summed E-state index contributed by atoms with van der Waals surface area (Å²) < 4.78 is 32.9. The second-order valence-electron chi connectivity index (χ2n) is 7.90. The highest BCUT2D eigenvalue weighted by atomic mass is 32.2. The second kappa shape index (κ2) is 10.1. The number of nitrogens with one attached hydrogen (secondary N) is 2. The van der Waals surface area contributed by atoms with Crippen LogP contribution in [0.3, 0.4) is 0 Å². The van der Waals surface area contributed by atoms with Gasteiger partial charge in [0.25, 0.3) is 10.0 Å². The topological polar surface area (TPSA) is 121 Å². The van der Waals surface area contributed by atoms with E-state index in [2.05, 4.69) is 19.9 Å². The summed E-state index contributed by atoms with van der Waals surface area (Å²) in [4.78, 5) is 32.6. The Hall–Kier alpha value is -2.70. The van der Waals surface area contributed by atoms with Crippen molar-refractivity contribution in [2.24, 2.45) is 0 Å². The van der Waals surface area contributed by atoms with Gasteiger partial charge in [0.1, 0.15) is 6.10 Å². The van der Waals surface area contributed by atoms with E-state index in [-0.39, 0.29) is 24.4 Å². The number of likely N-dealkylation sites (tertiary alicyclic amines) is 1. The van der Waals surface area contributed by atoms with Crippen LogP contribution in [0.1, 0.15) is 27.6 Å². The molecule has 0 saturated carbocycles. The van der Waals surface area contributed by atoms with E-state index in [4.69, 9.17) is 4.74 Å². The number of carbonyl (C=O) groups excluding carboxylic acids is 2. The van der Waals surface area contributed by atoms with Crippen molar-refractivity contribution in [3.8, 4) is 0 Å². The van der Waals surface area contributed by atoms with Gasteiger partial charge < -0.3 is 15.0 Å². The van der Waals surface area contributed by atoms with Gasteiger partial charge in [-0.25, -0.2) is 18.2 Å². The van der Waals surface area contributed by atoms with Crippen LogP contribution >= 0.6 is 11.3 Å². The molecule has 1 atom stereocenters. The van der Waals surface area contributed by atoms with Gasteiger partial charge in [-0.15, -0.1) is 11.3 Å². The van der Waals surface area contributed by atoms with Crippen LogP contribution in [-0.4, -0.2) is 68.6 Å². The Morgan fingerprint density at radius 3 is 2.58 bits per heavy atom. The van der Waals surface area contributed by atoms with Crippen molar-refractivity contribution in [3.05, 3.63) is 35.8 Å². The molecule has 10 nitrogen and oxygen atoms in total. The van der Waals surface area contributed by atoms with Gasteiger partial charge in [-0.2, -0.15) is 0 Å². The Morgan fingerprint density at radius 2 is 1.94 bits per heavy atom. The van der Waals surface area contributed by atoms with E-state index >= 15 is 0 Å². The molecule has 4 rings (SSSR count). The molecule has 2 saturated heterocycles. The minimum Gasteiger partial charge on any atom is -0.446 e. The number of nitrogens with zero attached hydrogens (tertiary/aromatic N) is 3. The number of carbonyl (C=O) groups is 2.